The average molecular weight is 314 g/mol. The monoisotopic (exact) mass is 314 g/mol. The predicted molar refractivity (Wildman–Crippen MR) is 79.0 cm³/mol. The van der Waals surface area contributed by atoms with Crippen molar-refractivity contribution < 1.29 is 12.8 Å². The number of sulfonamides is 1. The highest BCUT2D eigenvalue weighted by molar-refractivity contribution is 7.93. The zero-order valence-electron chi connectivity index (χ0n) is 11.1. The lowest BCUT2D eigenvalue weighted by atomic mass is 10.3. The number of rotatable bonds is 5. The van der Waals surface area contributed by atoms with E-state index in [9.17, 15) is 12.8 Å². The highest BCUT2D eigenvalue weighted by Crippen LogP contribution is 2.27. The molecular weight excluding hydrogens is 299 g/mol. The molecule has 0 fully saturated rings. The van der Waals surface area contributed by atoms with Gasteiger partial charge in [-0.25, -0.2) is 12.8 Å². The molecule has 2 N–H and O–H groups in total. The second-order valence-electron chi connectivity index (χ2n) is 4.28. The summed E-state index contributed by atoms with van der Waals surface area (Å²) in [5.41, 5.74) is 0.340. The van der Waals surface area contributed by atoms with E-state index in [4.69, 9.17) is 0 Å². The largest absolute Gasteiger partial charge is 0.315 e. The fraction of sp³-hybridized carbons (Fsp3) is 0.231. The van der Waals surface area contributed by atoms with Crippen molar-refractivity contribution in [3.8, 4) is 0 Å². The van der Waals surface area contributed by atoms with Gasteiger partial charge in [0.2, 0.25) is 0 Å². The number of nitrogens with one attached hydrogen (secondary N) is 2. The van der Waals surface area contributed by atoms with Gasteiger partial charge < -0.3 is 5.32 Å². The number of halogens is 1. The van der Waals surface area contributed by atoms with Gasteiger partial charge in [-0.2, -0.15) is 0 Å². The summed E-state index contributed by atoms with van der Waals surface area (Å²) in [5.74, 6) is -0.407. The van der Waals surface area contributed by atoms with Gasteiger partial charge in [-0.3, -0.25) is 4.72 Å². The van der Waals surface area contributed by atoms with Crippen LogP contribution in [0, 0.1) is 12.7 Å². The van der Waals surface area contributed by atoms with Crippen molar-refractivity contribution in [2.45, 2.75) is 18.4 Å². The standard InChI is InChI=1S/C13H15FN2O2S2/c1-9-13(7-12(19-9)8-15-2)20(17,18)16-11-5-3-10(14)4-6-11/h3-7,15-16H,8H2,1-2H3. The van der Waals surface area contributed by atoms with Crippen molar-refractivity contribution in [3.05, 3.63) is 45.9 Å². The predicted octanol–water partition coefficient (Wildman–Crippen LogP) is 2.72. The van der Waals surface area contributed by atoms with Crippen molar-refractivity contribution in [2.24, 2.45) is 0 Å². The summed E-state index contributed by atoms with van der Waals surface area (Å²) >= 11 is 1.44. The van der Waals surface area contributed by atoms with Crippen LogP contribution in [0.2, 0.25) is 0 Å². The Balaban J connectivity index is 2.28. The molecule has 0 atom stereocenters. The van der Waals surface area contributed by atoms with E-state index in [1.165, 1.54) is 35.6 Å². The van der Waals surface area contributed by atoms with Gasteiger partial charge in [0.15, 0.2) is 0 Å². The van der Waals surface area contributed by atoms with Crippen molar-refractivity contribution in [2.75, 3.05) is 11.8 Å². The molecule has 0 saturated heterocycles. The Labute approximate surface area is 121 Å². The molecule has 0 radical (unpaired) electrons. The molecule has 7 heteroatoms. The van der Waals surface area contributed by atoms with Crippen LogP contribution in [0.1, 0.15) is 9.75 Å². The molecule has 2 rings (SSSR count). The maximum Gasteiger partial charge on any atom is 0.263 e. The maximum absolute atomic E-state index is 12.8. The number of thiophene rings is 1. The van der Waals surface area contributed by atoms with Gasteiger partial charge in [-0.15, -0.1) is 11.3 Å². The molecule has 0 bridgehead atoms. The average Bonchev–Trinajstić information content (AvgIpc) is 2.74. The molecule has 1 aromatic carbocycles. The minimum Gasteiger partial charge on any atom is -0.315 e. The highest BCUT2D eigenvalue weighted by atomic mass is 32.2. The lowest BCUT2D eigenvalue weighted by molar-refractivity contribution is 0.600. The van der Waals surface area contributed by atoms with E-state index in [0.29, 0.717) is 12.2 Å². The van der Waals surface area contributed by atoms with Crippen molar-refractivity contribution in [1.82, 2.24) is 5.32 Å². The van der Waals surface area contributed by atoms with Crippen LogP contribution in [0.3, 0.4) is 0 Å². The van der Waals surface area contributed by atoms with Gasteiger partial charge in [0.05, 0.1) is 0 Å². The molecule has 0 spiro atoms. The first-order valence-electron chi connectivity index (χ1n) is 5.94. The van der Waals surface area contributed by atoms with Gasteiger partial charge in [-0.1, -0.05) is 0 Å². The number of anilines is 1. The van der Waals surface area contributed by atoms with Crippen LogP contribution in [-0.2, 0) is 16.6 Å². The van der Waals surface area contributed by atoms with Crippen molar-refractivity contribution in [3.63, 3.8) is 0 Å². The number of hydrogen-bond donors (Lipinski definition) is 2. The quantitative estimate of drug-likeness (QED) is 0.892. The molecule has 0 saturated carbocycles. The lowest BCUT2D eigenvalue weighted by Crippen LogP contribution is -2.13. The zero-order chi connectivity index (χ0) is 14.8. The first kappa shape index (κ1) is 15.0. The van der Waals surface area contributed by atoms with Crippen LogP contribution in [-0.4, -0.2) is 15.5 Å². The lowest BCUT2D eigenvalue weighted by Gasteiger charge is -2.07. The van der Waals surface area contributed by atoms with E-state index >= 15 is 0 Å². The molecule has 0 amide bonds. The molecule has 0 aliphatic heterocycles. The Morgan fingerprint density at radius 1 is 1.25 bits per heavy atom. The third-order valence-corrected chi connectivity index (χ3v) is 5.35. The molecule has 1 heterocycles. The number of benzene rings is 1. The number of aryl methyl sites for hydroxylation is 1. The Bertz CT molecular complexity index is 694. The van der Waals surface area contributed by atoms with E-state index in [2.05, 4.69) is 10.0 Å². The Kier molecular flexibility index (Phi) is 4.42. The van der Waals surface area contributed by atoms with E-state index in [1.807, 2.05) is 0 Å². The molecular formula is C13H15FN2O2S2. The normalized spacial score (nSPS) is 11.6. The van der Waals surface area contributed by atoms with Crippen LogP contribution in [0.4, 0.5) is 10.1 Å². The summed E-state index contributed by atoms with van der Waals surface area (Å²) < 4.78 is 39.9. The fourth-order valence-corrected chi connectivity index (χ4v) is 4.49. The first-order valence-corrected chi connectivity index (χ1v) is 8.24. The molecule has 0 aliphatic carbocycles. The topological polar surface area (TPSA) is 58.2 Å². The van der Waals surface area contributed by atoms with Crippen LogP contribution in [0.15, 0.2) is 35.2 Å². The second-order valence-corrected chi connectivity index (χ2v) is 7.27. The van der Waals surface area contributed by atoms with Gasteiger partial charge in [-0.05, 0) is 44.3 Å². The van der Waals surface area contributed by atoms with Gasteiger partial charge in [0.1, 0.15) is 10.7 Å². The zero-order valence-corrected chi connectivity index (χ0v) is 12.7. The highest BCUT2D eigenvalue weighted by Gasteiger charge is 2.19. The Morgan fingerprint density at radius 2 is 1.90 bits per heavy atom. The fourth-order valence-electron chi connectivity index (χ4n) is 1.78. The Hall–Kier alpha value is -1.44. The number of hydrogen-bond acceptors (Lipinski definition) is 4. The molecule has 20 heavy (non-hydrogen) atoms. The molecule has 108 valence electrons. The van der Waals surface area contributed by atoms with Crippen LogP contribution in [0.5, 0.6) is 0 Å². The van der Waals surface area contributed by atoms with Crippen LogP contribution >= 0.6 is 11.3 Å². The van der Waals surface area contributed by atoms with Gasteiger partial charge >= 0.3 is 0 Å². The molecule has 2 aromatic rings. The summed E-state index contributed by atoms with van der Waals surface area (Å²) in [7, 11) is -1.84. The summed E-state index contributed by atoms with van der Waals surface area (Å²) in [5, 5.41) is 2.99. The second kappa shape index (κ2) is 5.90. The van der Waals surface area contributed by atoms with Crippen molar-refractivity contribution >= 4 is 27.0 Å². The molecule has 1 aromatic heterocycles. The first-order chi connectivity index (χ1) is 9.42. The Morgan fingerprint density at radius 3 is 2.50 bits per heavy atom. The van der Waals surface area contributed by atoms with Crippen molar-refractivity contribution in [1.29, 1.82) is 0 Å². The van der Waals surface area contributed by atoms with E-state index in [-0.39, 0.29) is 4.90 Å². The smallest absolute Gasteiger partial charge is 0.263 e. The SMILES string of the molecule is CNCc1cc(S(=O)(=O)Nc2ccc(F)cc2)c(C)s1. The van der Waals surface area contributed by atoms with E-state index in [1.54, 1.807) is 20.0 Å². The summed E-state index contributed by atoms with van der Waals surface area (Å²) in [6, 6.07) is 6.87. The van der Waals surface area contributed by atoms with Gasteiger partial charge in [0.25, 0.3) is 10.0 Å². The minimum absolute atomic E-state index is 0.261. The maximum atomic E-state index is 12.8. The van der Waals surface area contributed by atoms with Crippen LogP contribution < -0.4 is 10.0 Å². The minimum atomic E-state index is -3.64. The van der Waals surface area contributed by atoms with Gasteiger partial charge in [0, 0.05) is 22.0 Å². The van der Waals surface area contributed by atoms with Crippen LogP contribution in [0.25, 0.3) is 0 Å². The molecule has 0 aliphatic rings. The summed E-state index contributed by atoms with van der Waals surface area (Å²) in [6.45, 7) is 2.39. The van der Waals surface area contributed by atoms with E-state index < -0.39 is 15.8 Å². The third-order valence-electron chi connectivity index (χ3n) is 2.66. The molecule has 4 nitrogen and oxygen atoms in total. The van der Waals surface area contributed by atoms with E-state index in [0.717, 1.165) is 9.75 Å². The molecule has 0 unspecified atom stereocenters. The third kappa shape index (κ3) is 3.36. The summed E-state index contributed by atoms with van der Waals surface area (Å²) in [6.07, 6.45) is 0. The summed E-state index contributed by atoms with van der Waals surface area (Å²) in [4.78, 5) is 1.94.